The summed E-state index contributed by atoms with van der Waals surface area (Å²) in [7, 11) is 2.07. The van der Waals surface area contributed by atoms with Crippen LogP contribution in [-0.4, -0.2) is 18.6 Å². The molecule has 19 heavy (non-hydrogen) atoms. The summed E-state index contributed by atoms with van der Waals surface area (Å²) in [6, 6.07) is 2.16. The van der Waals surface area contributed by atoms with Gasteiger partial charge in [0, 0.05) is 12.4 Å². The fraction of sp³-hybridized carbons (Fsp3) is 0.706. The van der Waals surface area contributed by atoms with E-state index >= 15 is 0 Å². The Morgan fingerprint density at radius 3 is 2.89 bits per heavy atom. The van der Waals surface area contributed by atoms with Crippen molar-refractivity contribution in [3.8, 4) is 0 Å². The molecule has 0 saturated heterocycles. The van der Waals surface area contributed by atoms with Gasteiger partial charge in [0.25, 0.3) is 0 Å². The van der Waals surface area contributed by atoms with E-state index < -0.39 is 0 Å². The first-order chi connectivity index (χ1) is 9.26. The highest BCUT2D eigenvalue weighted by Crippen LogP contribution is 2.42. The van der Waals surface area contributed by atoms with Crippen LogP contribution >= 0.6 is 0 Å². The molecule has 0 radical (unpaired) electrons. The van der Waals surface area contributed by atoms with Crippen LogP contribution in [-0.2, 0) is 0 Å². The number of aromatic nitrogens is 1. The Labute approximate surface area is 118 Å². The van der Waals surface area contributed by atoms with Crippen LogP contribution in [0.4, 0.5) is 0 Å². The summed E-state index contributed by atoms with van der Waals surface area (Å²) >= 11 is 0. The van der Waals surface area contributed by atoms with E-state index in [1.54, 1.807) is 0 Å². The van der Waals surface area contributed by atoms with E-state index in [1.807, 2.05) is 6.20 Å². The largest absolute Gasteiger partial charge is 0.319 e. The predicted octanol–water partition coefficient (Wildman–Crippen LogP) is 3.91. The van der Waals surface area contributed by atoms with E-state index in [-0.39, 0.29) is 0 Å². The second-order valence-electron chi connectivity index (χ2n) is 6.12. The van der Waals surface area contributed by atoms with Crippen LogP contribution in [0.15, 0.2) is 18.5 Å². The highest BCUT2D eigenvalue weighted by atomic mass is 14.8. The van der Waals surface area contributed by atoms with Gasteiger partial charge in [-0.25, -0.2) is 0 Å². The maximum absolute atomic E-state index is 4.37. The van der Waals surface area contributed by atoms with Gasteiger partial charge in [-0.05, 0) is 68.3 Å². The highest BCUT2D eigenvalue weighted by molar-refractivity contribution is 5.27. The van der Waals surface area contributed by atoms with Gasteiger partial charge in [-0.1, -0.05) is 26.2 Å². The van der Waals surface area contributed by atoms with Gasteiger partial charge in [0.05, 0.1) is 0 Å². The normalized spacial score (nSPS) is 27.4. The smallest absolute Gasteiger partial charge is 0.0305 e. The number of nitrogens with zero attached hydrogens (tertiary/aromatic N) is 1. The van der Waals surface area contributed by atoms with E-state index in [4.69, 9.17) is 0 Å². The van der Waals surface area contributed by atoms with Crippen molar-refractivity contribution in [2.45, 2.75) is 51.9 Å². The third kappa shape index (κ3) is 3.56. The molecule has 2 rings (SSSR count). The van der Waals surface area contributed by atoms with Gasteiger partial charge in [0.2, 0.25) is 0 Å². The number of pyridine rings is 1. The summed E-state index contributed by atoms with van der Waals surface area (Å²) < 4.78 is 0. The molecule has 0 spiro atoms. The van der Waals surface area contributed by atoms with Crippen molar-refractivity contribution < 1.29 is 0 Å². The monoisotopic (exact) mass is 260 g/mol. The predicted molar refractivity (Wildman–Crippen MR) is 81.4 cm³/mol. The zero-order valence-electron chi connectivity index (χ0n) is 12.7. The number of hydrogen-bond donors (Lipinski definition) is 1. The maximum Gasteiger partial charge on any atom is 0.0305 e. The minimum absolute atomic E-state index is 0.700. The third-order valence-corrected chi connectivity index (χ3v) is 4.74. The second-order valence-corrected chi connectivity index (χ2v) is 6.12. The van der Waals surface area contributed by atoms with Crippen LogP contribution in [0.1, 0.15) is 56.1 Å². The lowest BCUT2D eigenvalue weighted by molar-refractivity contribution is 0.222. The van der Waals surface area contributed by atoms with Gasteiger partial charge in [0.1, 0.15) is 0 Å². The van der Waals surface area contributed by atoms with Gasteiger partial charge in [0.15, 0.2) is 0 Å². The Kier molecular flexibility index (Phi) is 5.38. The van der Waals surface area contributed by atoms with Crippen molar-refractivity contribution in [3.63, 3.8) is 0 Å². The molecule has 1 aromatic heterocycles. The molecular weight excluding hydrogens is 232 g/mol. The number of aryl methyl sites for hydroxylation is 1. The summed E-state index contributed by atoms with van der Waals surface area (Å²) in [5.74, 6) is 2.40. The summed E-state index contributed by atoms with van der Waals surface area (Å²) in [5.41, 5.74) is 2.90. The minimum Gasteiger partial charge on any atom is -0.319 e. The Morgan fingerprint density at radius 2 is 2.21 bits per heavy atom. The molecule has 106 valence electrons. The summed E-state index contributed by atoms with van der Waals surface area (Å²) in [4.78, 5) is 4.37. The van der Waals surface area contributed by atoms with Crippen molar-refractivity contribution in [2.24, 2.45) is 11.8 Å². The average Bonchev–Trinajstić information content (AvgIpc) is 2.42. The first kappa shape index (κ1) is 14.5. The minimum atomic E-state index is 0.700. The molecule has 1 aliphatic carbocycles. The molecule has 1 aromatic rings. The van der Waals surface area contributed by atoms with Crippen LogP contribution in [0, 0.1) is 18.8 Å². The van der Waals surface area contributed by atoms with Crippen LogP contribution in [0.2, 0.25) is 0 Å². The third-order valence-electron chi connectivity index (χ3n) is 4.74. The maximum atomic E-state index is 4.37. The molecule has 1 saturated carbocycles. The SMILES string of the molecule is CCCC1CCC(CNC)C(c2cnccc2C)C1. The number of rotatable bonds is 5. The summed E-state index contributed by atoms with van der Waals surface area (Å²) in [6.07, 6.45) is 10.9. The molecule has 3 atom stereocenters. The number of hydrogen-bond acceptors (Lipinski definition) is 2. The van der Waals surface area contributed by atoms with Crippen molar-refractivity contribution in [1.29, 1.82) is 0 Å². The molecule has 0 aromatic carbocycles. The van der Waals surface area contributed by atoms with Gasteiger partial charge < -0.3 is 5.32 Å². The van der Waals surface area contributed by atoms with Crippen molar-refractivity contribution in [3.05, 3.63) is 29.6 Å². The molecule has 1 aliphatic rings. The van der Waals surface area contributed by atoms with E-state index in [0.29, 0.717) is 5.92 Å². The van der Waals surface area contributed by atoms with E-state index in [9.17, 15) is 0 Å². The Balaban J connectivity index is 2.18. The average molecular weight is 260 g/mol. The topological polar surface area (TPSA) is 24.9 Å². The fourth-order valence-electron chi connectivity index (χ4n) is 3.74. The standard InChI is InChI=1S/C17H28N2/c1-4-5-14-6-7-15(11-18-3)16(10-14)17-12-19-9-8-13(17)2/h8-9,12,14-16,18H,4-7,10-11H2,1-3H3. The van der Waals surface area contributed by atoms with E-state index in [1.165, 1.54) is 43.2 Å². The highest BCUT2D eigenvalue weighted by Gasteiger charge is 2.31. The first-order valence-corrected chi connectivity index (χ1v) is 7.81. The van der Waals surface area contributed by atoms with Crippen LogP contribution in [0.5, 0.6) is 0 Å². The van der Waals surface area contributed by atoms with Crippen LogP contribution < -0.4 is 5.32 Å². The molecule has 0 amide bonds. The zero-order chi connectivity index (χ0) is 13.7. The summed E-state index contributed by atoms with van der Waals surface area (Å²) in [6.45, 7) is 5.68. The van der Waals surface area contributed by atoms with E-state index in [2.05, 4.69) is 43.5 Å². The van der Waals surface area contributed by atoms with E-state index in [0.717, 1.165) is 18.4 Å². The molecule has 0 bridgehead atoms. The second kappa shape index (κ2) is 7.04. The molecule has 3 unspecified atom stereocenters. The first-order valence-electron chi connectivity index (χ1n) is 7.81. The molecular formula is C17H28N2. The van der Waals surface area contributed by atoms with Crippen LogP contribution in [0.3, 0.4) is 0 Å². The molecule has 1 N–H and O–H groups in total. The number of nitrogens with one attached hydrogen (secondary N) is 1. The Morgan fingerprint density at radius 1 is 1.37 bits per heavy atom. The lowest BCUT2D eigenvalue weighted by Gasteiger charge is -2.37. The fourth-order valence-corrected chi connectivity index (χ4v) is 3.74. The lowest BCUT2D eigenvalue weighted by Crippen LogP contribution is -2.31. The Hall–Kier alpha value is -0.890. The van der Waals surface area contributed by atoms with Crippen molar-refractivity contribution in [1.82, 2.24) is 10.3 Å². The van der Waals surface area contributed by atoms with Crippen LogP contribution in [0.25, 0.3) is 0 Å². The van der Waals surface area contributed by atoms with Gasteiger partial charge in [-0.2, -0.15) is 0 Å². The van der Waals surface area contributed by atoms with Gasteiger partial charge in [-0.3, -0.25) is 4.98 Å². The molecule has 1 fully saturated rings. The molecule has 2 nitrogen and oxygen atoms in total. The Bertz CT molecular complexity index is 389. The molecule has 0 aliphatic heterocycles. The van der Waals surface area contributed by atoms with Gasteiger partial charge in [-0.15, -0.1) is 0 Å². The quantitative estimate of drug-likeness (QED) is 0.868. The van der Waals surface area contributed by atoms with Crippen molar-refractivity contribution >= 4 is 0 Å². The van der Waals surface area contributed by atoms with Crippen molar-refractivity contribution in [2.75, 3.05) is 13.6 Å². The molecule has 2 heteroatoms. The zero-order valence-corrected chi connectivity index (χ0v) is 12.7. The summed E-state index contributed by atoms with van der Waals surface area (Å²) in [5, 5.41) is 3.38. The molecule has 1 heterocycles. The lowest BCUT2D eigenvalue weighted by atomic mass is 9.69. The van der Waals surface area contributed by atoms with Gasteiger partial charge >= 0.3 is 0 Å².